The average Bonchev–Trinajstić information content (AvgIpc) is 2.70. The van der Waals surface area contributed by atoms with Gasteiger partial charge < -0.3 is 9.30 Å². The molecule has 0 amide bonds. The molecule has 98 valence electrons. The van der Waals surface area contributed by atoms with E-state index in [9.17, 15) is 0 Å². The molecule has 18 heavy (non-hydrogen) atoms. The Morgan fingerprint density at radius 3 is 2.89 bits per heavy atom. The first-order valence-corrected chi connectivity index (χ1v) is 6.74. The predicted octanol–water partition coefficient (Wildman–Crippen LogP) is 4.03. The van der Waals surface area contributed by atoms with E-state index in [2.05, 4.69) is 9.55 Å². The molecule has 0 aliphatic carbocycles. The van der Waals surface area contributed by atoms with Gasteiger partial charge in [-0.1, -0.05) is 17.7 Å². The van der Waals surface area contributed by atoms with E-state index in [1.807, 2.05) is 25.1 Å². The molecule has 1 unspecified atom stereocenters. The zero-order chi connectivity index (χ0) is 13.1. The largest absolute Gasteiger partial charge is 0.385 e. The van der Waals surface area contributed by atoms with Crippen LogP contribution in [-0.4, -0.2) is 23.3 Å². The van der Waals surface area contributed by atoms with E-state index in [4.69, 9.17) is 27.9 Å². The lowest BCUT2D eigenvalue weighted by atomic mass is 10.3. The Hall–Kier alpha value is -0.770. The Labute approximate surface area is 117 Å². The maximum Gasteiger partial charge on any atom is 0.127 e. The molecule has 0 saturated heterocycles. The van der Waals surface area contributed by atoms with Crippen LogP contribution in [0.3, 0.4) is 0 Å². The highest BCUT2D eigenvalue weighted by Gasteiger charge is 2.15. The van der Waals surface area contributed by atoms with Gasteiger partial charge in [0.25, 0.3) is 0 Å². The molecule has 0 aliphatic heterocycles. The lowest BCUT2D eigenvalue weighted by Crippen LogP contribution is -2.06. The number of hydrogen-bond acceptors (Lipinski definition) is 2. The van der Waals surface area contributed by atoms with Crippen LogP contribution in [0.4, 0.5) is 0 Å². The van der Waals surface area contributed by atoms with Gasteiger partial charge in [-0.15, -0.1) is 11.6 Å². The van der Waals surface area contributed by atoms with Gasteiger partial charge in [-0.25, -0.2) is 4.98 Å². The van der Waals surface area contributed by atoms with E-state index in [1.165, 1.54) is 0 Å². The lowest BCUT2D eigenvalue weighted by molar-refractivity contribution is 0.190. The first-order chi connectivity index (χ1) is 8.65. The number of nitrogens with zero attached hydrogens (tertiary/aromatic N) is 2. The molecule has 3 nitrogen and oxygen atoms in total. The highest BCUT2D eigenvalue weighted by Crippen LogP contribution is 2.28. The fraction of sp³-hybridized carbons (Fsp3) is 0.462. The molecular weight excluding hydrogens is 271 g/mol. The first-order valence-electron chi connectivity index (χ1n) is 5.92. The van der Waals surface area contributed by atoms with Gasteiger partial charge >= 0.3 is 0 Å². The van der Waals surface area contributed by atoms with Crippen LogP contribution in [0.25, 0.3) is 11.0 Å². The summed E-state index contributed by atoms with van der Waals surface area (Å²) < 4.78 is 7.21. The van der Waals surface area contributed by atoms with Gasteiger partial charge in [0.1, 0.15) is 11.3 Å². The first kappa shape index (κ1) is 13.7. The van der Waals surface area contributed by atoms with Crippen molar-refractivity contribution in [3.05, 3.63) is 29.0 Å². The molecular formula is C13H16Cl2N2O. The SMILES string of the molecule is COCCCn1c(C(C)Cl)nc2c(Cl)cccc21. The summed E-state index contributed by atoms with van der Waals surface area (Å²) in [4.78, 5) is 4.55. The van der Waals surface area contributed by atoms with E-state index in [0.29, 0.717) is 5.02 Å². The molecule has 0 saturated carbocycles. The quantitative estimate of drug-likeness (QED) is 0.613. The van der Waals surface area contributed by atoms with E-state index in [1.54, 1.807) is 7.11 Å². The highest BCUT2D eigenvalue weighted by molar-refractivity contribution is 6.35. The van der Waals surface area contributed by atoms with Gasteiger partial charge in [0.2, 0.25) is 0 Å². The summed E-state index contributed by atoms with van der Waals surface area (Å²) in [6.45, 7) is 3.47. The molecule has 0 N–H and O–H groups in total. The van der Waals surface area contributed by atoms with Crippen LogP contribution < -0.4 is 0 Å². The number of ether oxygens (including phenoxy) is 1. The fourth-order valence-electron chi connectivity index (χ4n) is 2.04. The average molecular weight is 287 g/mol. The molecule has 0 fully saturated rings. The maximum atomic E-state index is 6.19. The van der Waals surface area contributed by atoms with Gasteiger partial charge in [0, 0.05) is 20.3 Å². The van der Waals surface area contributed by atoms with E-state index >= 15 is 0 Å². The minimum Gasteiger partial charge on any atom is -0.385 e. The molecule has 1 heterocycles. The number of aromatic nitrogens is 2. The fourth-order valence-corrected chi connectivity index (χ4v) is 2.41. The monoisotopic (exact) mass is 286 g/mol. The van der Waals surface area contributed by atoms with Crippen molar-refractivity contribution in [2.24, 2.45) is 0 Å². The van der Waals surface area contributed by atoms with Crippen molar-refractivity contribution in [1.82, 2.24) is 9.55 Å². The number of aryl methyl sites for hydroxylation is 1. The third-order valence-corrected chi connectivity index (χ3v) is 3.35. The van der Waals surface area contributed by atoms with Crippen LogP contribution in [0.15, 0.2) is 18.2 Å². The van der Waals surface area contributed by atoms with Gasteiger partial charge in [-0.3, -0.25) is 0 Å². The van der Waals surface area contributed by atoms with Gasteiger partial charge in [-0.05, 0) is 25.5 Å². The Morgan fingerprint density at radius 2 is 2.22 bits per heavy atom. The molecule has 0 aliphatic rings. The third kappa shape index (κ3) is 2.63. The molecule has 1 aromatic heterocycles. The summed E-state index contributed by atoms with van der Waals surface area (Å²) in [6.07, 6.45) is 0.922. The summed E-state index contributed by atoms with van der Waals surface area (Å²) >= 11 is 12.4. The minimum atomic E-state index is -0.143. The molecule has 0 spiro atoms. The topological polar surface area (TPSA) is 27.1 Å². The van der Waals surface area contributed by atoms with Crippen molar-refractivity contribution >= 4 is 34.2 Å². The summed E-state index contributed by atoms with van der Waals surface area (Å²) in [7, 11) is 1.70. The number of halogens is 2. The predicted molar refractivity (Wildman–Crippen MR) is 75.5 cm³/mol. The van der Waals surface area contributed by atoms with Gasteiger partial charge in [0.05, 0.1) is 15.9 Å². The van der Waals surface area contributed by atoms with E-state index in [-0.39, 0.29) is 5.38 Å². The normalized spacial score (nSPS) is 13.1. The number of para-hydroxylation sites is 1. The molecule has 2 aromatic rings. The molecule has 0 bridgehead atoms. The smallest absolute Gasteiger partial charge is 0.127 e. The van der Waals surface area contributed by atoms with Crippen LogP contribution in [0.5, 0.6) is 0 Å². The zero-order valence-corrected chi connectivity index (χ0v) is 12.0. The third-order valence-electron chi connectivity index (χ3n) is 2.85. The van der Waals surface area contributed by atoms with Crippen LogP contribution in [0.2, 0.25) is 5.02 Å². The molecule has 1 atom stereocenters. The second-order valence-corrected chi connectivity index (χ2v) is 5.25. The Kier molecular flexibility index (Phi) is 4.49. The Balaban J connectivity index is 2.46. The highest BCUT2D eigenvalue weighted by atomic mass is 35.5. The van der Waals surface area contributed by atoms with Crippen LogP contribution in [-0.2, 0) is 11.3 Å². The zero-order valence-electron chi connectivity index (χ0n) is 10.5. The maximum absolute atomic E-state index is 6.19. The Bertz CT molecular complexity index is 537. The number of hydrogen-bond donors (Lipinski definition) is 0. The molecule has 5 heteroatoms. The van der Waals surface area contributed by atoms with Crippen molar-refractivity contribution in [2.75, 3.05) is 13.7 Å². The summed E-state index contributed by atoms with van der Waals surface area (Å²) in [6, 6.07) is 5.80. The van der Waals surface area contributed by atoms with Crippen molar-refractivity contribution in [3.8, 4) is 0 Å². The van der Waals surface area contributed by atoms with Crippen molar-refractivity contribution in [3.63, 3.8) is 0 Å². The summed E-state index contributed by atoms with van der Waals surface area (Å²) in [5.41, 5.74) is 1.85. The number of rotatable bonds is 5. The second kappa shape index (κ2) is 5.91. The van der Waals surface area contributed by atoms with Crippen molar-refractivity contribution in [2.45, 2.75) is 25.3 Å². The molecule has 0 radical (unpaired) electrons. The number of benzene rings is 1. The summed E-state index contributed by atoms with van der Waals surface area (Å²) in [5.74, 6) is 0.857. The molecule has 1 aromatic carbocycles. The van der Waals surface area contributed by atoms with E-state index < -0.39 is 0 Å². The van der Waals surface area contributed by atoms with Crippen molar-refractivity contribution < 1.29 is 4.74 Å². The Morgan fingerprint density at radius 1 is 1.44 bits per heavy atom. The number of imidazole rings is 1. The minimum absolute atomic E-state index is 0.143. The van der Waals surface area contributed by atoms with Crippen LogP contribution in [0, 0.1) is 0 Å². The number of fused-ring (bicyclic) bond motifs is 1. The van der Waals surface area contributed by atoms with Crippen molar-refractivity contribution in [1.29, 1.82) is 0 Å². The van der Waals surface area contributed by atoms with Gasteiger partial charge in [0.15, 0.2) is 0 Å². The van der Waals surface area contributed by atoms with Crippen LogP contribution in [0.1, 0.15) is 24.5 Å². The number of methoxy groups -OCH3 is 1. The number of alkyl halides is 1. The second-order valence-electron chi connectivity index (χ2n) is 4.19. The standard InChI is InChI=1S/C13H16Cl2N2O/c1-9(14)13-16-12-10(15)5-3-6-11(12)17(13)7-4-8-18-2/h3,5-6,9H,4,7-8H2,1-2H3. The van der Waals surface area contributed by atoms with Crippen LogP contribution >= 0.6 is 23.2 Å². The lowest BCUT2D eigenvalue weighted by Gasteiger charge is -2.10. The van der Waals surface area contributed by atoms with E-state index in [0.717, 1.165) is 36.4 Å². The molecule has 2 rings (SSSR count). The van der Waals surface area contributed by atoms with Gasteiger partial charge in [-0.2, -0.15) is 0 Å². The summed E-state index contributed by atoms with van der Waals surface area (Å²) in [5, 5.41) is 0.521.